The molecule has 0 saturated heterocycles. The monoisotopic (exact) mass is 85.0 g/mol. The summed E-state index contributed by atoms with van der Waals surface area (Å²) in [5.74, 6) is 0. The van der Waals surface area contributed by atoms with Gasteiger partial charge in [-0.2, -0.15) is 5.53 Å². The largest absolute Gasteiger partial charge is 0.183 e. The van der Waals surface area contributed by atoms with Crippen molar-refractivity contribution in [1.82, 2.24) is 0 Å². The normalized spacial score (nSPS) is 8.67. The number of hydrogen-bond acceptors (Lipinski definition) is 2. The van der Waals surface area contributed by atoms with Crippen LogP contribution in [0.3, 0.4) is 0 Å². The van der Waals surface area contributed by atoms with Gasteiger partial charge in [0, 0.05) is 6.72 Å². The first kappa shape index (κ1) is 4.87. The van der Waals surface area contributed by atoms with Gasteiger partial charge in [-0.05, 0) is 15.7 Å². The molecule has 0 amide bonds. The number of nitrogens with one attached hydrogen (secondary N) is 1. The fraction of sp³-hybridized carbons (Fsp3) is 0. The second-order valence-corrected chi connectivity index (χ2v) is 0.420. The van der Waals surface area contributed by atoms with Crippen LogP contribution in [-0.4, -0.2) is 6.72 Å². The third-order valence-electron chi connectivity index (χ3n) is 0.148. The van der Waals surface area contributed by atoms with E-state index in [1.165, 1.54) is 0 Å². The Kier molecular flexibility index (Phi) is 3.14. The molecule has 0 fully saturated rings. The van der Waals surface area contributed by atoms with Gasteiger partial charge in [0.2, 0.25) is 0 Å². The van der Waals surface area contributed by atoms with Crippen molar-refractivity contribution in [2.75, 3.05) is 0 Å². The summed E-state index contributed by atoms with van der Waals surface area (Å²) in [6, 6.07) is 0. The molecule has 32 valence electrons. The first-order valence-corrected chi connectivity index (χ1v) is 1.14. The molecule has 6 heavy (non-hydrogen) atoms. The molecule has 0 bridgehead atoms. The van der Waals surface area contributed by atoms with Crippen LogP contribution in [0.2, 0.25) is 0 Å². The zero-order valence-electron chi connectivity index (χ0n) is 3.00. The minimum Gasteiger partial charge on any atom is -0.183 e. The summed E-state index contributed by atoms with van der Waals surface area (Å²) in [7, 11) is 0. The van der Waals surface area contributed by atoms with Crippen molar-refractivity contribution in [3.63, 3.8) is 0 Å². The maximum Gasteiger partial charge on any atom is 0.0151 e. The van der Waals surface area contributed by atoms with Crippen LogP contribution in [0.15, 0.2) is 20.8 Å². The number of rotatable bonds is 2. The predicted octanol–water partition coefficient (Wildman–Crippen LogP) is 1.00. The van der Waals surface area contributed by atoms with Gasteiger partial charge in [-0.3, -0.25) is 0 Å². The molecule has 0 aromatic heterocycles. The van der Waals surface area contributed by atoms with Gasteiger partial charge in [0.1, 0.15) is 0 Å². The van der Waals surface area contributed by atoms with Crippen molar-refractivity contribution in [3.8, 4) is 0 Å². The summed E-state index contributed by atoms with van der Waals surface area (Å²) in [5, 5.41) is 11.1. The Hall–Kier alpha value is -1.13. The highest BCUT2D eigenvalue weighted by Crippen LogP contribution is 1.70. The molecule has 5 heteroatoms. The summed E-state index contributed by atoms with van der Waals surface area (Å²) in [4.78, 5) is 0. The molecule has 5 nitrogen and oxygen atoms in total. The Morgan fingerprint density at radius 3 is 2.17 bits per heavy atom. The van der Waals surface area contributed by atoms with E-state index in [0.717, 1.165) is 0 Å². The third-order valence-corrected chi connectivity index (χ3v) is 0.148. The van der Waals surface area contributed by atoms with E-state index in [1.807, 2.05) is 0 Å². The molecule has 0 aliphatic carbocycles. The van der Waals surface area contributed by atoms with Gasteiger partial charge >= 0.3 is 0 Å². The molecule has 1 N–H and O–H groups in total. The predicted molar refractivity (Wildman–Crippen MR) is 19.6 cm³/mol. The summed E-state index contributed by atoms with van der Waals surface area (Å²) >= 11 is 0. The fourth-order valence-corrected chi connectivity index (χ4v) is 0.0483. The third kappa shape index (κ3) is 2.87. The standard InChI is InChI=1S/CH3N5/c1-3-5-6-4-2/h2H,1H2. The molecule has 0 atom stereocenters. The summed E-state index contributed by atoms with van der Waals surface area (Å²) in [5.41, 5.74) is 5.98. The zero-order chi connectivity index (χ0) is 4.83. The van der Waals surface area contributed by atoms with E-state index in [9.17, 15) is 0 Å². The average Bonchev–Trinajstić information content (AvgIpc) is 1.61. The Bertz CT molecular complexity index is 62.0. The van der Waals surface area contributed by atoms with Crippen molar-refractivity contribution >= 4 is 6.72 Å². The van der Waals surface area contributed by atoms with Crippen LogP contribution in [0.25, 0.3) is 0 Å². The van der Waals surface area contributed by atoms with E-state index < -0.39 is 0 Å². The van der Waals surface area contributed by atoms with E-state index in [-0.39, 0.29) is 0 Å². The van der Waals surface area contributed by atoms with Crippen molar-refractivity contribution in [1.29, 1.82) is 5.53 Å². The van der Waals surface area contributed by atoms with Crippen LogP contribution in [0.1, 0.15) is 0 Å². The molecular weight excluding hydrogens is 82.0 g/mol. The van der Waals surface area contributed by atoms with Crippen LogP contribution >= 0.6 is 0 Å². The minimum atomic E-state index is 2.50. The molecule has 0 aromatic rings. The quantitative estimate of drug-likeness (QED) is 0.295. The molecule has 0 spiro atoms. The molecule has 0 unspecified atom stereocenters. The number of hydrogen-bond donors (Lipinski definition) is 1. The highest BCUT2D eigenvalue weighted by Gasteiger charge is 1.49. The smallest absolute Gasteiger partial charge is 0.0151 e. The van der Waals surface area contributed by atoms with E-state index in [4.69, 9.17) is 5.53 Å². The molecule has 0 rings (SSSR count). The van der Waals surface area contributed by atoms with Crippen molar-refractivity contribution in [2.24, 2.45) is 20.8 Å². The van der Waals surface area contributed by atoms with Gasteiger partial charge in [-0.25, -0.2) is 0 Å². The maximum atomic E-state index is 5.98. The van der Waals surface area contributed by atoms with E-state index in [2.05, 4.69) is 27.5 Å². The fourth-order valence-electron chi connectivity index (χ4n) is 0.0483. The highest BCUT2D eigenvalue weighted by atomic mass is 15.5. The van der Waals surface area contributed by atoms with Gasteiger partial charge in [0.05, 0.1) is 0 Å². The van der Waals surface area contributed by atoms with Gasteiger partial charge in [-0.1, -0.05) is 0 Å². The summed E-state index contributed by atoms with van der Waals surface area (Å²) in [6.07, 6.45) is 0. The summed E-state index contributed by atoms with van der Waals surface area (Å²) < 4.78 is 0. The Balaban J connectivity index is 3.17. The average molecular weight is 85.1 g/mol. The molecule has 0 saturated carbocycles. The van der Waals surface area contributed by atoms with Gasteiger partial charge in [-0.15, -0.1) is 5.10 Å². The molecular formula is CH3N5. The van der Waals surface area contributed by atoms with Crippen LogP contribution in [0.5, 0.6) is 0 Å². The SMILES string of the molecule is C=NN=NN=N. The first-order chi connectivity index (χ1) is 2.91. The van der Waals surface area contributed by atoms with Crippen molar-refractivity contribution < 1.29 is 0 Å². The maximum absolute atomic E-state index is 5.98. The summed E-state index contributed by atoms with van der Waals surface area (Å²) in [6.45, 7) is 2.94. The minimum absolute atomic E-state index is 2.50. The van der Waals surface area contributed by atoms with E-state index in [1.54, 1.807) is 0 Å². The molecule has 0 radical (unpaired) electrons. The lowest BCUT2D eigenvalue weighted by molar-refractivity contribution is 0.863. The second kappa shape index (κ2) is 3.87. The van der Waals surface area contributed by atoms with Gasteiger partial charge in [0.15, 0.2) is 0 Å². The van der Waals surface area contributed by atoms with Crippen LogP contribution in [0, 0.1) is 5.53 Å². The molecule has 0 aliphatic rings. The van der Waals surface area contributed by atoms with Crippen LogP contribution in [-0.2, 0) is 0 Å². The highest BCUT2D eigenvalue weighted by molar-refractivity contribution is 5.22. The van der Waals surface area contributed by atoms with Gasteiger partial charge in [0.25, 0.3) is 0 Å². The number of nitrogens with zero attached hydrogens (tertiary/aromatic N) is 4. The van der Waals surface area contributed by atoms with Crippen LogP contribution in [0.4, 0.5) is 0 Å². The Morgan fingerprint density at radius 2 is 2.00 bits per heavy atom. The molecule has 0 aliphatic heterocycles. The lowest BCUT2D eigenvalue weighted by Gasteiger charge is -1.58. The zero-order valence-corrected chi connectivity index (χ0v) is 3.00. The molecule has 0 aromatic carbocycles. The topological polar surface area (TPSA) is 73.3 Å². The van der Waals surface area contributed by atoms with Gasteiger partial charge < -0.3 is 0 Å². The Labute approximate surface area is 34.3 Å². The van der Waals surface area contributed by atoms with Crippen molar-refractivity contribution in [2.45, 2.75) is 0 Å². The van der Waals surface area contributed by atoms with E-state index >= 15 is 0 Å². The van der Waals surface area contributed by atoms with E-state index in [0.29, 0.717) is 0 Å². The second-order valence-electron chi connectivity index (χ2n) is 0.420. The Morgan fingerprint density at radius 1 is 1.33 bits per heavy atom. The lowest BCUT2D eigenvalue weighted by Crippen LogP contribution is -1.38. The first-order valence-electron chi connectivity index (χ1n) is 1.14. The van der Waals surface area contributed by atoms with Crippen molar-refractivity contribution in [3.05, 3.63) is 0 Å². The molecule has 0 heterocycles. The van der Waals surface area contributed by atoms with Crippen LogP contribution < -0.4 is 0 Å². The lowest BCUT2D eigenvalue weighted by atomic mass is 11.7.